The van der Waals surface area contributed by atoms with Gasteiger partial charge in [0.1, 0.15) is 6.10 Å². The molecule has 0 unspecified atom stereocenters. The van der Waals surface area contributed by atoms with E-state index in [1.165, 1.54) is 4.57 Å². The van der Waals surface area contributed by atoms with Crippen molar-refractivity contribution in [2.45, 2.75) is 31.4 Å². The second-order valence-electron chi connectivity index (χ2n) is 6.48. The number of ether oxygens (including phenoxy) is 1. The van der Waals surface area contributed by atoms with Gasteiger partial charge in [-0.2, -0.15) is 10.1 Å². The van der Waals surface area contributed by atoms with Crippen LogP contribution in [0.3, 0.4) is 0 Å². The Morgan fingerprint density at radius 3 is 2.85 bits per heavy atom. The zero-order valence-electron chi connectivity index (χ0n) is 14.4. The minimum Gasteiger partial charge on any atom is -0.394 e. The van der Waals surface area contributed by atoms with E-state index in [1.54, 1.807) is 24.0 Å². The standard InChI is InChI=1S/C15H19N7O5/c1-20-3-2-7(19-20)5-21-10-11(17-14(16)18-12(10)25)22(15(21)26)13-9(24)4-8(6-23)27-13/h2-3,8-9,13,23-24H,4-6H2,1H3,(H3,16,17,18,25)/t8-,9+,13+/m0/s1. The van der Waals surface area contributed by atoms with Crippen LogP contribution in [0, 0.1) is 0 Å². The molecule has 0 amide bonds. The average molecular weight is 377 g/mol. The zero-order valence-corrected chi connectivity index (χ0v) is 14.4. The lowest BCUT2D eigenvalue weighted by Gasteiger charge is -2.15. The van der Waals surface area contributed by atoms with Gasteiger partial charge in [0.15, 0.2) is 17.4 Å². The Morgan fingerprint density at radius 1 is 1.44 bits per heavy atom. The fourth-order valence-corrected chi connectivity index (χ4v) is 3.36. The number of imidazole rings is 1. The fourth-order valence-electron chi connectivity index (χ4n) is 3.36. The van der Waals surface area contributed by atoms with E-state index in [0.29, 0.717) is 5.69 Å². The summed E-state index contributed by atoms with van der Waals surface area (Å²) < 4.78 is 9.48. The van der Waals surface area contributed by atoms with Gasteiger partial charge >= 0.3 is 5.69 Å². The highest BCUT2D eigenvalue weighted by atomic mass is 16.5. The van der Waals surface area contributed by atoms with Gasteiger partial charge in [-0.1, -0.05) is 0 Å². The van der Waals surface area contributed by atoms with E-state index in [0.717, 1.165) is 4.57 Å². The average Bonchev–Trinajstić information content (AvgIpc) is 3.25. The van der Waals surface area contributed by atoms with Gasteiger partial charge in [0.05, 0.1) is 24.9 Å². The number of nitrogens with zero attached hydrogens (tertiary/aromatic N) is 5. The molecule has 0 radical (unpaired) electrons. The predicted octanol–water partition coefficient (Wildman–Crippen LogP) is -2.11. The molecule has 0 aliphatic carbocycles. The summed E-state index contributed by atoms with van der Waals surface area (Å²) in [4.78, 5) is 32.0. The molecule has 0 bridgehead atoms. The fraction of sp³-hybridized carbons (Fsp3) is 0.467. The Kier molecular flexibility index (Phi) is 4.09. The number of H-pyrrole nitrogens is 1. The smallest absolute Gasteiger partial charge is 0.333 e. The van der Waals surface area contributed by atoms with Crippen molar-refractivity contribution in [1.82, 2.24) is 28.9 Å². The number of aliphatic hydroxyl groups excluding tert-OH is 2. The molecule has 3 aromatic heterocycles. The highest BCUT2D eigenvalue weighted by Gasteiger charge is 2.38. The highest BCUT2D eigenvalue weighted by Crippen LogP contribution is 2.29. The first-order valence-electron chi connectivity index (χ1n) is 8.32. The summed E-state index contributed by atoms with van der Waals surface area (Å²) in [5.74, 6) is -0.164. The number of fused-ring (bicyclic) bond motifs is 1. The summed E-state index contributed by atoms with van der Waals surface area (Å²) in [7, 11) is 1.74. The molecule has 0 spiro atoms. The molecule has 0 saturated carbocycles. The van der Waals surface area contributed by atoms with Crippen LogP contribution >= 0.6 is 0 Å². The number of hydrogen-bond acceptors (Lipinski definition) is 8. The molecule has 4 rings (SSSR count). The SMILES string of the molecule is Cn1ccc(Cn2c(=O)n([C@@H]3O[C@H](CO)C[C@H]3O)c3nc(N)[nH]c(=O)c32)n1. The third kappa shape index (κ3) is 2.83. The van der Waals surface area contributed by atoms with Crippen LogP contribution in [0.25, 0.3) is 11.2 Å². The van der Waals surface area contributed by atoms with Crippen LogP contribution in [0.4, 0.5) is 5.95 Å². The molecule has 12 nitrogen and oxygen atoms in total. The van der Waals surface area contributed by atoms with Gasteiger partial charge in [-0.3, -0.25) is 19.0 Å². The number of aromatic amines is 1. The topological polar surface area (TPSA) is 166 Å². The first-order valence-corrected chi connectivity index (χ1v) is 8.32. The number of aryl methyl sites for hydroxylation is 1. The molecule has 1 aliphatic rings. The highest BCUT2D eigenvalue weighted by molar-refractivity contribution is 5.72. The summed E-state index contributed by atoms with van der Waals surface area (Å²) in [6.45, 7) is -0.269. The van der Waals surface area contributed by atoms with E-state index in [4.69, 9.17) is 10.5 Å². The van der Waals surface area contributed by atoms with Crippen LogP contribution in [0.1, 0.15) is 18.3 Å². The second-order valence-corrected chi connectivity index (χ2v) is 6.48. The predicted molar refractivity (Wildman–Crippen MR) is 93.0 cm³/mol. The first-order chi connectivity index (χ1) is 12.9. The van der Waals surface area contributed by atoms with Crippen molar-refractivity contribution in [2.75, 3.05) is 12.3 Å². The number of nitrogen functional groups attached to an aromatic ring is 1. The van der Waals surface area contributed by atoms with Crippen molar-refractivity contribution < 1.29 is 14.9 Å². The molecule has 27 heavy (non-hydrogen) atoms. The number of nitrogens with two attached hydrogens (primary N) is 1. The quantitative estimate of drug-likeness (QED) is 0.401. The van der Waals surface area contributed by atoms with Crippen molar-refractivity contribution in [3.8, 4) is 0 Å². The third-order valence-electron chi connectivity index (χ3n) is 4.54. The molecule has 144 valence electrons. The third-order valence-corrected chi connectivity index (χ3v) is 4.54. The molecule has 4 heterocycles. The van der Waals surface area contributed by atoms with Gasteiger partial charge in [-0.15, -0.1) is 0 Å². The Hall–Kier alpha value is -2.96. The Bertz CT molecular complexity index is 1110. The monoisotopic (exact) mass is 377 g/mol. The molecule has 12 heteroatoms. The van der Waals surface area contributed by atoms with Crippen molar-refractivity contribution in [1.29, 1.82) is 0 Å². The van der Waals surface area contributed by atoms with Crippen molar-refractivity contribution in [3.63, 3.8) is 0 Å². The van der Waals surface area contributed by atoms with E-state index >= 15 is 0 Å². The minimum absolute atomic E-state index is 0.000166. The largest absolute Gasteiger partial charge is 0.394 e. The molecule has 0 aromatic carbocycles. The Labute approximate surface area is 151 Å². The maximum Gasteiger partial charge on any atom is 0.333 e. The van der Waals surface area contributed by atoms with E-state index in [-0.39, 0.29) is 36.7 Å². The Balaban J connectivity index is 1.93. The normalized spacial score (nSPS) is 22.7. The number of nitrogens with one attached hydrogen (secondary N) is 1. The maximum absolute atomic E-state index is 13.1. The zero-order chi connectivity index (χ0) is 19.3. The molecular weight excluding hydrogens is 358 g/mol. The lowest BCUT2D eigenvalue weighted by Crippen LogP contribution is -2.32. The van der Waals surface area contributed by atoms with Crippen LogP contribution in [-0.4, -0.2) is 57.9 Å². The van der Waals surface area contributed by atoms with Crippen LogP contribution in [0.5, 0.6) is 0 Å². The van der Waals surface area contributed by atoms with Gasteiger partial charge < -0.3 is 20.7 Å². The minimum atomic E-state index is -1.09. The van der Waals surface area contributed by atoms with Crippen molar-refractivity contribution >= 4 is 17.1 Å². The number of aromatic nitrogens is 6. The molecule has 5 N–H and O–H groups in total. The number of rotatable bonds is 4. The van der Waals surface area contributed by atoms with E-state index in [2.05, 4.69) is 15.1 Å². The maximum atomic E-state index is 13.1. The summed E-state index contributed by atoms with van der Waals surface area (Å²) in [5, 5.41) is 23.8. The van der Waals surface area contributed by atoms with E-state index in [9.17, 15) is 19.8 Å². The molecular formula is C15H19N7O5. The molecule has 3 atom stereocenters. The molecule has 1 saturated heterocycles. The van der Waals surface area contributed by atoms with E-state index in [1.807, 2.05) is 0 Å². The van der Waals surface area contributed by atoms with Crippen LogP contribution in [-0.2, 0) is 18.3 Å². The van der Waals surface area contributed by atoms with Crippen molar-refractivity contribution in [2.24, 2.45) is 7.05 Å². The van der Waals surface area contributed by atoms with Crippen LogP contribution < -0.4 is 17.0 Å². The number of aliphatic hydroxyl groups is 2. The molecule has 1 aliphatic heterocycles. The van der Waals surface area contributed by atoms with E-state index < -0.39 is 29.7 Å². The molecule has 1 fully saturated rings. The van der Waals surface area contributed by atoms with Crippen LogP contribution in [0.2, 0.25) is 0 Å². The van der Waals surface area contributed by atoms with Gasteiger partial charge in [-0.25, -0.2) is 9.36 Å². The first kappa shape index (κ1) is 17.5. The van der Waals surface area contributed by atoms with Gasteiger partial charge in [0.25, 0.3) is 5.56 Å². The number of anilines is 1. The van der Waals surface area contributed by atoms with Gasteiger partial charge in [0.2, 0.25) is 5.95 Å². The van der Waals surface area contributed by atoms with Gasteiger partial charge in [0, 0.05) is 19.7 Å². The lowest BCUT2D eigenvalue weighted by atomic mass is 10.2. The Morgan fingerprint density at radius 2 is 2.22 bits per heavy atom. The van der Waals surface area contributed by atoms with Crippen molar-refractivity contribution in [3.05, 3.63) is 38.8 Å². The summed E-state index contributed by atoms with van der Waals surface area (Å²) in [6, 6.07) is 1.72. The summed E-state index contributed by atoms with van der Waals surface area (Å²) >= 11 is 0. The summed E-state index contributed by atoms with van der Waals surface area (Å²) in [6.07, 6.45) is -0.883. The van der Waals surface area contributed by atoms with Gasteiger partial charge in [-0.05, 0) is 6.07 Å². The number of hydrogen-bond donors (Lipinski definition) is 4. The lowest BCUT2D eigenvalue weighted by molar-refractivity contribution is -0.0505. The molecule has 3 aromatic rings. The second kappa shape index (κ2) is 6.33. The summed E-state index contributed by atoms with van der Waals surface area (Å²) in [5.41, 5.74) is 5.03. The van der Waals surface area contributed by atoms with Crippen LogP contribution in [0.15, 0.2) is 21.9 Å².